The number of fused-ring (bicyclic) bond motifs is 5. The maximum absolute atomic E-state index is 10.5. The molecule has 4 saturated carbocycles. The summed E-state index contributed by atoms with van der Waals surface area (Å²) in [5.74, 6) is 2.57. The molecule has 4 aliphatic carbocycles. The number of aliphatic hydroxyl groups excluding tert-OH is 8. The van der Waals surface area contributed by atoms with Gasteiger partial charge in [0.25, 0.3) is 0 Å². The standard InChI is InChI=1S/C40H70O14/c1-5-8-21(2)23-10-11-24-30-25(18-29(40(23,24)4)50-14-16-52-38-36(48)34(46)32(44)28(20-42)54-38)39(3)12-7-6-9-22(39)17-26(30)49-13-15-51-37-35(47)33(45)31(43)27(19-41)53-37/h21-38,41-48H,5-20H2,1-4H3/t21-,22+,23-,24+,25+,26-,27?,28?,29+,30+,31-,32-,33+,34+,35?,36?,37-,38-,39+,40-/m1/s1. The van der Waals surface area contributed by atoms with Crippen molar-refractivity contribution in [3.05, 3.63) is 0 Å². The fourth-order valence-electron chi connectivity index (χ4n) is 12.3. The largest absolute Gasteiger partial charge is 0.394 e. The van der Waals surface area contributed by atoms with Crippen LogP contribution in [0.4, 0.5) is 0 Å². The minimum atomic E-state index is -1.50. The topological polar surface area (TPSA) is 217 Å². The summed E-state index contributed by atoms with van der Waals surface area (Å²) >= 11 is 0. The molecule has 0 aromatic heterocycles. The SMILES string of the molecule is CCC[C@@H](C)[C@H]1CC[C@H]2[C@@H]3[C@H](OCCO[C@@H]4OC(CO)[C@@H](O)[C@H](O)C4O)C[C@@H]4CCCC[C@]4(C)[C@H]3C[C@H](OCCO[C@@H]3OC(CO)[C@@H](O)[C@H](O)C3O)[C@]12C. The number of hydrogen-bond donors (Lipinski definition) is 8. The molecular formula is C40H70O14. The molecule has 2 saturated heterocycles. The lowest BCUT2D eigenvalue weighted by Crippen LogP contribution is -2.63. The van der Waals surface area contributed by atoms with E-state index in [0.717, 1.165) is 44.9 Å². The zero-order valence-electron chi connectivity index (χ0n) is 32.7. The van der Waals surface area contributed by atoms with Crippen LogP contribution >= 0.6 is 0 Å². The lowest BCUT2D eigenvalue weighted by Gasteiger charge is -2.64. The maximum atomic E-state index is 10.5. The molecule has 8 N–H and O–H groups in total. The number of ether oxygens (including phenoxy) is 6. The molecule has 4 unspecified atom stereocenters. The van der Waals surface area contributed by atoms with E-state index in [1.54, 1.807) is 0 Å². The van der Waals surface area contributed by atoms with Crippen LogP contribution in [0.3, 0.4) is 0 Å². The first kappa shape index (κ1) is 43.0. The van der Waals surface area contributed by atoms with E-state index in [1.807, 2.05) is 0 Å². The Bertz CT molecular complexity index is 1180. The molecule has 20 atom stereocenters. The summed E-state index contributed by atoms with van der Waals surface area (Å²) in [6.45, 7) is 9.32. The molecule has 2 aliphatic heterocycles. The van der Waals surface area contributed by atoms with Gasteiger partial charge < -0.3 is 69.3 Å². The molecule has 6 fully saturated rings. The van der Waals surface area contributed by atoms with Gasteiger partial charge in [-0.05, 0) is 79.4 Å². The van der Waals surface area contributed by atoms with Crippen molar-refractivity contribution in [1.82, 2.24) is 0 Å². The Morgan fingerprint density at radius 1 is 0.667 bits per heavy atom. The third-order valence-electron chi connectivity index (χ3n) is 15.2. The Morgan fingerprint density at radius 3 is 1.81 bits per heavy atom. The van der Waals surface area contributed by atoms with Gasteiger partial charge in [0.1, 0.15) is 48.8 Å². The van der Waals surface area contributed by atoms with Crippen molar-refractivity contribution in [2.45, 2.75) is 166 Å². The molecule has 314 valence electrons. The molecule has 2 heterocycles. The lowest BCUT2D eigenvalue weighted by molar-refractivity contribution is -0.305. The van der Waals surface area contributed by atoms with Gasteiger partial charge in [-0.15, -0.1) is 0 Å². The summed E-state index contributed by atoms with van der Waals surface area (Å²) in [5, 5.41) is 81.1. The van der Waals surface area contributed by atoms with Crippen LogP contribution in [-0.4, -0.2) is 154 Å². The summed E-state index contributed by atoms with van der Waals surface area (Å²) < 4.78 is 36.6. The molecule has 14 heteroatoms. The lowest BCUT2D eigenvalue weighted by atomic mass is 9.43. The van der Waals surface area contributed by atoms with Crippen molar-refractivity contribution in [2.24, 2.45) is 46.3 Å². The van der Waals surface area contributed by atoms with Crippen molar-refractivity contribution in [2.75, 3.05) is 39.6 Å². The fraction of sp³-hybridized carbons (Fsp3) is 1.00. The molecule has 0 radical (unpaired) electrons. The smallest absolute Gasteiger partial charge is 0.186 e. The predicted molar refractivity (Wildman–Crippen MR) is 194 cm³/mol. The molecule has 0 amide bonds. The molecule has 0 aromatic rings. The van der Waals surface area contributed by atoms with Crippen LogP contribution in [0, 0.1) is 46.3 Å². The Balaban J connectivity index is 1.18. The first-order valence-electron chi connectivity index (χ1n) is 20.9. The molecule has 0 aromatic carbocycles. The van der Waals surface area contributed by atoms with Crippen LogP contribution < -0.4 is 0 Å². The van der Waals surface area contributed by atoms with Gasteiger partial charge in [-0.2, -0.15) is 0 Å². The van der Waals surface area contributed by atoms with Gasteiger partial charge in [-0.25, -0.2) is 0 Å². The Labute approximate surface area is 320 Å². The van der Waals surface area contributed by atoms with E-state index in [9.17, 15) is 40.9 Å². The van der Waals surface area contributed by atoms with Crippen LogP contribution in [0.2, 0.25) is 0 Å². The van der Waals surface area contributed by atoms with Crippen molar-refractivity contribution in [1.29, 1.82) is 0 Å². The van der Waals surface area contributed by atoms with Crippen molar-refractivity contribution >= 4 is 0 Å². The average Bonchev–Trinajstić information content (AvgIpc) is 3.52. The van der Waals surface area contributed by atoms with Gasteiger partial charge in [-0.3, -0.25) is 0 Å². The summed E-state index contributed by atoms with van der Waals surface area (Å²) in [6.07, 6.45) is -2.13. The van der Waals surface area contributed by atoms with Crippen LogP contribution in [0.25, 0.3) is 0 Å². The quantitative estimate of drug-likeness (QED) is 0.109. The van der Waals surface area contributed by atoms with Crippen molar-refractivity contribution < 1.29 is 69.3 Å². The highest BCUT2D eigenvalue weighted by Crippen LogP contribution is 2.69. The minimum Gasteiger partial charge on any atom is -0.394 e. The van der Waals surface area contributed by atoms with Crippen LogP contribution in [0.15, 0.2) is 0 Å². The fourth-order valence-corrected chi connectivity index (χ4v) is 12.3. The third kappa shape index (κ3) is 8.06. The summed E-state index contributed by atoms with van der Waals surface area (Å²) in [6, 6.07) is 0. The zero-order chi connectivity index (χ0) is 38.9. The van der Waals surface area contributed by atoms with Crippen molar-refractivity contribution in [3.8, 4) is 0 Å². The molecule has 14 nitrogen and oxygen atoms in total. The Kier molecular flexibility index (Phi) is 14.5. The predicted octanol–water partition coefficient (Wildman–Crippen LogP) is 1.09. The summed E-state index contributed by atoms with van der Waals surface area (Å²) in [4.78, 5) is 0. The first-order chi connectivity index (χ1) is 25.8. The second-order valence-electron chi connectivity index (χ2n) is 17.9. The molecule has 6 rings (SSSR count). The van der Waals surface area contributed by atoms with Gasteiger partial charge in [0.15, 0.2) is 12.6 Å². The summed E-state index contributed by atoms with van der Waals surface area (Å²) in [5.41, 5.74) is 0.0314. The normalized spacial score (nSPS) is 49.9. The third-order valence-corrected chi connectivity index (χ3v) is 15.2. The van der Waals surface area contributed by atoms with E-state index < -0.39 is 74.6 Å². The molecule has 0 bridgehead atoms. The summed E-state index contributed by atoms with van der Waals surface area (Å²) in [7, 11) is 0. The molecule has 54 heavy (non-hydrogen) atoms. The molecule has 0 spiro atoms. The van der Waals surface area contributed by atoms with Gasteiger partial charge in [-0.1, -0.05) is 53.4 Å². The van der Waals surface area contributed by atoms with Gasteiger partial charge in [0.05, 0.1) is 51.8 Å². The van der Waals surface area contributed by atoms with Gasteiger partial charge in [0.2, 0.25) is 0 Å². The van der Waals surface area contributed by atoms with Crippen molar-refractivity contribution in [3.63, 3.8) is 0 Å². The number of hydrogen-bond acceptors (Lipinski definition) is 14. The van der Waals surface area contributed by atoms with E-state index in [4.69, 9.17) is 28.4 Å². The van der Waals surface area contributed by atoms with Gasteiger partial charge >= 0.3 is 0 Å². The Morgan fingerprint density at radius 2 is 1.24 bits per heavy atom. The number of aliphatic hydroxyl groups is 8. The second-order valence-corrected chi connectivity index (χ2v) is 17.9. The minimum absolute atomic E-state index is 0.0181. The van der Waals surface area contributed by atoms with E-state index in [0.29, 0.717) is 35.5 Å². The maximum Gasteiger partial charge on any atom is 0.186 e. The number of rotatable bonds is 15. The average molecular weight is 775 g/mol. The van der Waals surface area contributed by atoms with Crippen LogP contribution in [0.5, 0.6) is 0 Å². The van der Waals surface area contributed by atoms with Crippen LogP contribution in [0.1, 0.15) is 91.9 Å². The van der Waals surface area contributed by atoms with E-state index in [1.165, 1.54) is 19.3 Å². The van der Waals surface area contributed by atoms with E-state index >= 15 is 0 Å². The van der Waals surface area contributed by atoms with Gasteiger partial charge in [0, 0.05) is 5.41 Å². The zero-order valence-corrected chi connectivity index (χ0v) is 32.7. The first-order valence-corrected chi connectivity index (χ1v) is 20.9. The molecular weight excluding hydrogens is 704 g/mol. The second kappa shape index (κ2) is 18.1. The highest BCUT2D eigenvalue weighted by atomic mass is 16.7. The Hall–Kier alpha value is -0.560. The molecule has 6 aliphatic rings. The monoisotopic (exact) mass is 774 g/mol. The van der Waals surface area contributed by atoms with Crippen LogP contribution in [-0.2, 0) is 28.4 Å². The highest BCUT2D eigenvalue weighted by Gasteiger charge is 2.66. The highest BCUT2D eigenvalue weighted by molar-refractivity contribution is 5.15. The van der Waals surface area contributed by atoms with E-state index in [-0.39, 0.29) is 49.5 Å². The van der Waals surface area contributed by atoms with E-state index in [2.05, 4.69) is 27.7 Å².